The first-order valence-corrected chi connectivity index (χ1v) is 4.88. The average molecular weight is 228 g/mol. The van der Waals surface area contributed by atoms with Gasteiger partial charge in [0.2, 0.25) is 0 Å². The van der Waals surface area contributed by atoms with Crippen LogP contribution in [-0.4, -0.2) is 38.6 Å². The van der Waals surface area contributed by atoms with Gasteiger partial charge in [-0.05, 0) is 0 Å². The molecule has 7 heteroatoms. The predicted molar refractivity (Wildman–Crippen MR) is 52.9 cm³/mol. The molecule has 16 heavy (non-hydrogen) atoms. The highest BCUT2D eigenvalue weighted by molar-refractivity contribution is 4.88. The molecule has 1 unspecified atom stereocenters. The van der Waals surface area contributed by atoms with Crippen molar-refractivity contribution < 1.29 is 14.9 Å². The number of aliphatic hydroxyl groups is 2. The number of aromatic nitrogens is 2. The molecule has 0 aliphatic carbocycles. The molecule has 0 bridgehead atoms. The molecule has 7 nitrogen and oxygen atoms in total. The van der Waals surface area contributed by atoms with Crippen LogP contribution < -0.4 is 11.2 Å². The van der Waals surface area contributed by atoms with Crippen LogP contribution in [0.25, 0.3) is 0 Å². The summed E-state index contributed by atoms with van der Waals surface area (Å²) in [7, 11) is 0. The fourth-order valence-corrected chi connectivity index (χ4v) is 1.74. The third-order valence-electron chi connectivity index (χ3n) is 2.56. The van der Waals surface area contributed by atoms with Gasteiger partial charge in [0.15, 0.2) is 0 Å². The van der Waals surface area contributed by atoms with Crippen molar-refractivity contribution in [3.8, 4) is 0 Å². The zero-order valence-corrected chi connectivity index (χ0v) is 8.37. The topological polar surface area (TPSA) is 105 Å². The molecule has 88 valence electrons. The number of aliphatic hydroxyl groups excluding tert-OH is 2. The molecule has 0 saturated carbocycles. The van der Waals surface area contributed by atoms with E-state index in [0.717, 1.165) is 4.57 Å². The second-order valence-electron chi connectivity index (χ2n) is 3.61. The van der Waals surface area contributed by atoms with Crippen LogP contribution in [0.4, 0.5) is 0 Å². The maximum absolute atomic E-state index is 11.4. The normalized spacial score (nSPS) is 29.5. The highest BCUT2D eigenvalue weighted by Gasteiger charge is 2.35. The van der Waals surface area contributed by atoms with E-state index in [1.165, 1.54) is 12.3 Å². The van der Waals surface area contributed by atoms with E-state index in [0.29, 0.717) is 0 Å². The Morgan fingerprint density at radius 1 is 1.56 bits per heavy atom. The monoisotopic (exact) mass is 228 g/mol. The number of nitrogens with one attached hydrogen (secondary N) is 1. The van der Waals surface area contributed by atoms with Gasteiger partial charge in [0.1, 0.15) is 12.3 Å². The van der Waals surface area contributed by atoms with E-state index in [2.05, 4.69) is 4.98 Å². The first-order chi connectivity index (χ1) is 7.63. The van der Waals surface area contributed by atoms with Crippen molar-refractivity contribution in [3.63, 3.8) is 0 Å². The summed E-state index contributed by atoms with van der Waals surface area (Å²) in [4.78, 5) is 25.2. The summed E-state index contributed by atoms with van der Waals surface area (Å²) < 4.78 is 6.10. The summed E-state index contributed by atoms with van der Waals surface area (Å²) in [5, 5.41) is 18.4. The second kappa shape index (κ2) is 4.20. The standard InChI is InChI=1S/C9H12N2O5/c12-4-6-5(13)3-8(16-6)11-7(14)1-2-10-9(11)15/h1-2,5-6,8,12-13H,3-4H2,(H,10,15)/t5?,6-,8-/m1/s1. The Bertz CT molecular complexity index is 451. The molecule has 0 spiro atoms. The number of hydrogen-bond acceptors (Lipinski definition) is 5. The summed E-state index contributed by atoms with van der Waals surface area (Å²) >= 11 is 0. The lowest BCUT2D eigenvalue weighted by Crippen LogP contribution is -2.37. The molecule has 1 aromatic rings. The highest BCUT2D eigenvalue weighted by atomic mass is 16.5. The van der Waals surface area contributed by atoms with Gasteiger partial charge in [0, 0.05) is 18.7 Å². The lowest BCUT2D eigenvalue weighted by molar-refractivity contribution is -0.0469. The first-order valence-electron chi connectivity index (χ1n) is 4.88. The summed E-state index contributed by atoms with van der Waals surface area (Å²) in [6.07, 6.45) is -1.10. The Morgan fingerprint density at radius 3 is 2.88 bits per heavy atom. The predicted octanol–water partition coefficient (Wildman–Crippen LogP) is -1.82. The smallest absolute Gasteiger partial charge is 0.330 e. The zero-order chi connectivity index (χ0) is 11.7. The van der Waals surface area contributed by atoms with Crippen LogP contribution in [0.1, 0.15) is 12.6 Å². The maximum Gasteiger partial charge on any atom is 0.330 e. The lowest BCUT2D eigenvalue weighted by atomic mass is 10.2. The first kappa shape index (κ1) is 11.1. The van der Waals surface area contributed by atoms with E-state index < -0.39 is 29.7 Å². The van der Waals surface area contributed by atoms with Gasteiger partial charge in [-0.1, -0.05) is 0 Å². The van der Waals surface area contributed by atoms with Crippen LogP contribution in [-0.2, 0) is 4.74 Å². The SMILES string of the molecule is O=c1cc[nH]c(=O)n1[C@H]1CC(O)[C@@H](CO)O1. The van der Waals surface area contributed by atoms with Gasteiger partial charge in [-0.3, -0.25) is 4.79 Å². The van der Waals surface area contributed by atoms with Gasteiger partial charge in [0.25, 0.3) is 5.56 Å². The van der Waals surface area contributed by atoms with E-state index in [-0.39, 0.29) is 13.0 Å². The van der Waals surface area contributed by atoms with E-state index in [9.17, 15) is 14.7 Å². The molecule has 3 atom stereocenters. The third kappa shape index (κ3) is 1.80. The molecule has 0 radical (unpaired) electrons. The molecular formula is C9H12N2O5. The van der Waals surface area contributed by atoms with Gasteiger partial charge in [-0.2, -0.15) is 0 Å². The minimum Gasteiger partial charge on any atom is -0.394 e. The number of H-pyrrole nitrogens is 1. The summed E-state index contributed by atoms with van der Waals surface area (Å²) in [5.74, 6) is 0. The molecule has 2 rings (SSSR count). The summed E-state index contributed by atoms with van der Waals surface area (Å²) in [5.41, 5.74) is -1.09. The van der Waals surface area contributed by atoms with E-state index in [1.54, 1.807) is 0 Å². The minimum absolute atomic E-state index is 0.109. The molecule has 3 N–H and O–H groups in total. The Morgan fingerprint density at radius 2 is 2.31 bits per heavy atom. The number of hydrogen-bond donors (Lipinski definition) is 3. The van der Waals surface area contributed by atoms with Crippen molar-refractivity contribution in [1.82, 2.24) is 9.55 Å². The quantitative estimate of drug-likeness (QED) is 0.552. The summed E-state index contributed by atoms with van der Waals surface area (Å²) in [6.45, 7) is -0.350. The van der Waals surface area contributed by atoms with Crippen molar-refractivity contribution in [2.75, 3.05) is 6.61 Å². The van der Waals surface area contributed by atoms with Gasteiger partial charge >= 0.3 is 5.69 Å². The van der Waals surface area contributed by atoms with Gasteiger partial charge in [-0.15, -0.1) is 0 Å². The van der Waals surface area contributed by atoms with Gasteiger partial charge in [0.05, 0.1) is 12.7 Å². The second-order valence-corrected chi connectivity index (χ2v) is 3.61. The number of ether oxygens (including phenoxy) is 1. The largest absolute Gasteiger partial charge is 0.394 e. The number of nitrogens with zero attached hydrogens (tertiary/aromatic N) is 1. The molecular weight excluding hydrogens is 216 g/mol. The van der Waals surface area contributed by atoms with Crippen LogP contribution in [0.5, 0.6) is 0 Å². The van der Waals surface area contributed by atoms with Crippen molar-refractivity contribution in [1.29, 1.82) is 0 Å². The van der Waals surface area contributed by atoms with Crippen molar-refractivity contribution in [2.45, 2.75) is 24.9 Å². The van der Waals surface area contributed by atoms with Crippen molar-refractivity contribution in [3.05, 3.63) is 33.1 Å². The molecule has 1 aliphatic heterocycles. The molecule has 1 saturated heterocycles. The van der Waals surface area contributed by atoms with Crippen LogP contribution in [0.15, 0.2) is 21.9 Å². The Balaban J connectivity index is 2.34. The fourth-order valence-electron chi connectivity index (χ4n) is 1.74. The van der Waals surface area contributed by atoms with E-state index >= 15 is 0 Å². The Kier molecular flexibility index (Phi) is 2.90. The molecule has 1 fully saturated rings. The summed E-state index contributed by atoms with van der Waals surface area (Å²) in [6, 6.07) is 1.20. The van der Waals surface area contributed by atoms with Gasteiger partial charge in [-0.25, -0.2) is 9.36 Å². The highest BCUT2D eigenvalue weighted by Crippen LogP contribution is 2.26. The van der Waals surface area contributed by atoms with Crippen LogP contribution in [0.3, 0.4) is 0 Å². The fraction of sp³-hybridized carbons (Fsp3) is 0.556. The van der Waals surface area contributed by atoms with Crippen LogP contribution in [0, 0.1) is 0 Å². The third-order valence-corrected chi connectivity index (χ3v) is 2.56. The van der Waals surface area contributed by atoms with E-state index in [1.807, 2.05) is 0 Å². The Labute approximate surface area is 89.9 Å². The van der Waals surface area contributed by atoms with Crippen LogP contribution in [0.2, 0.25) is 0 Å². The number of aromatic amines is 1. The molecule has 0 aromatic carbocycles. The molecule has 0 amide bonds. The van der Waals surface area contributed by atoms with E-state index in [4.69, 9.17) is 9.84 Å². The van der Waals surface area contributed by atoms with Crippen molar-refractivity contribution >= 4 is 0 Å². The zero-order valence-electron chi connectivity index (χ0n) is 8.37. The van der Waals surface area contributed by atoms with Gasteiger partial charge < -0.3 is 19.9 Å². The molecule has 2 heterocycles. The average Bonchev–Trinajstić information content (AvgIpc) is 2.59. The molecule has 1 aliphatic rings. The Hall–Kier alpha value is -1.44. The lowest BCUT2D eigenvalue weighted by Gasteiger charge is -2.12. The maximum atomic E-state index is 11.4. The van der Waals surface area contributed by atoms with Crippen molar-refractivity contribution in [2.24, 2.45) is 0 Å². The number of rotatable bonds is 2. The molecule has 1 aromatic heterocycles. The van der Waals surface area contributed by atoms with Crippen LogP contribution >= 0.6 is 0 Å². The minimum atomic E-state index is -0.874.